The Morgan fingerprint density at radius 3 is 2.58 bits per heavy atom. The van der Waals surface area contributed by atoms with Gasteiger partial charge in [-0.05, 0) is 6.42 Å². The van der Waals surface area contributed by atoms with Gasteiger partial charge < -0.3 is 4.52 Å². The van der Waals surface area contributed by atoms with Crippen molar-refractivity contribution < 1.29 is 13.9 Å². The van der Waals surface area contributed by atoms with Crippen LogP contribution in [0.5, 0.6) is 0 Å². The van der Waals surface area contributed by atoms with Gasteiger partial charge in [-0.3, -0.25) is 9.36 Å². The maximum atomic E-state index is 11.2. The van der Waals surface area contributed by atoms with E-state index in [-0.39, 0.29) is 5.78 Å². The van der Waals surface area contributed by atoms with Gasteiger partial charge in [0, 0.05) is 6.42 Å². The molecule has 0 amide bonds. The van der Waals surface area contributed by atoms with Crippen molar-refractivity contribution in [3.63, 3.8) is 0 Å². The van der Waals surface area contributed by atoms with E-state index in [0.29, 0.717) is 12.8 Å². The van der Waals surface area contributed by atoms with Crippen LogP contribution in [0, 0.1) is 0 Å². The zero-order chi connectivity index (χ0) is 9.40. The molecule has 0 spiro atoms. The molecule has 4 heteroatoms. The summed E-state index contributed by atoms with van der Waals surface area (Å²) in [4.78, 5) is 11.2. The van der Waals surface area contributed by atoms with Crippen LogP contribution in [0.3, 0.4) is 0 Å². The zero-order valence-corrected chi connectivity index (χ0v) is 8.86. The summed E-state index contributed by atoms with van der Waals surface area (Å²) in [7, 11) is -1.26. The number of carbonyl (C=O) groups is 1. The van der Waals surface area contributed by atoms with E-state index in [4.69, 9.17) is 4.52 Å². The third-order valence-electron chi connectivity index (χ3n) is 1.75. The lowest BCUT2D eigenvalue weighted by molar-refractivity contribution is -0.125. The van der Waals surface area contributed by atoms with Crippen LogP contribution in [-0.2, 0) is 13.9 Å². The number of ketones is 1. The maximum Gasteiger partial charge on any atom is 0.180 e. The fourth-order valence-corrected chi connectivity index (χ4v) is 1.41. The molecule has 0 rings (SSSR count). The molecular weight excluding hydrogens is 175 g/mol. The number of carbonyl (C=O) groups excluding carboxylic acids is 1. The quantitative estimate of drug-likeness (QED) is 0.581. The highest BCUT2D eigenvalue weighted by atomic mass is 31.1. The maximum absolute atomic E-state index is 11.2. The molecule has 0 N–H and O–H groups in total. The normalized spacial score (nSPS) is 13.8. The molecule has 0 aliphatic rings. The first kappa shape index (κ1) is 11.9. The Hall–Kier alpha value is -0.140. The predicted molar refractivity (Wildman–Crippen MR) is 50.1 cm³/mol. The fourth-order valence-electron chi connectivity index (χ4n) is 0.989. The Bertz CT molecular complexity index is 147. The van der Waals surface area contributed by atoms with Crippen LogP contribution in [0.25, 0.3) is 0 Å². The molecule has 0 radical (unpaired) electrons. The summed E-state index contributed by atoms with van der Waals surface area (Å²) >= 11 is 0. The lowest BCUT2D eigenvalue weighted by Gasteiger charge is -2.10. The number of Topliss-reactive ketones (excluding diaryl/α,β-unsaturated/α-hetero) is 1. The van der Waals surface area contributed by atoms with Gasteiger partial charge >= 0.3 is 0 Å². The smallest absolute Gasteiger partial charge is 0.180 e. The van der Waals surface area contributed by atoms with Crippen LogP contribution in [0.4, 0.5) is 0 Å². The summed E-state index contributed by atoms with van der Waals surface area (Å²) in [6, 6.07) is 0. The molecule has 72 valence electrons. The number of hydrogen-bond acceptors (Lipinski definition) is 3. The van der Waals surface area contributed by atoms with Crippen molar-refractivity contribution in [1.82, 2.24) is 0 Å². The molecule has 0 fully saturated rings. The Kier molecular flexibility index (Phi) is 7.42. The van der Waals surface area contributed by atoms with Crippen molar-refractivity contribution in [2.75, 3.05) is 0 Å². The molecule has 0 saturated carbocycles. The molecule has 0 aromatic heterocycles. The van der Waals surface area contributed by atoms with Crippen molar-refractivity contribution >= 4 is 14.5 Å². The average Bonchev–Trinajstić information content (AvgIpc) is 2.11. The van der Waals surface area contributed by atoms with Gasteiger partial charge in [0.1, 0.15) is 6.10 Å². The van der Waals surface area contributed by atoms with Crippen LogP contribution < -0.4 is 0 Å². The minimum Gasteiger partial charge on any atom is -0.321 e. The average molecular weight is 192 g/mol. The second-order valence-electron chi connectivity index (χ2n) is 2.68. The highest BCUT2D eigenvalue weighted by molar-refractivity contribution is 7.17. The Balaban J connectivity index is 3.84. The number of unbranched alkanes of at least 4 members (excludes halogenated alkanes) is 1. The summed E-state index contributed by atoms with van der Waals surface area (Å²) in [6.45, 7) is 3.85. The lowest BCUT2D eigenvalue weighted by atomic mass is 10.1. The largest absolute Gasteiger partial charge is 0.321 e. The number of rotatable bonds is 7. The van der Waals surface area contributed by atoms with Crippen molar-refractivity contribution in [2.24, 2.45) is 0 Å². The Morgan fingerprint density at radius 1 is 1.50 bits per heavy atom. The second kappa shape index (κ2) is 7.51. The van der Waals surface area contributed by atoms with Crippen LogP contribution >= 0.6 is 8.69 Å². The van der Waals surface area contributed by atoms with Gasteiger partial charge in [0.15, 0.2) is 14.5 Å². The summed E-state index contributed by atoms with van der Waals surface area (Å²) in [6.07, 6.45) is 2.75. The van der Waals surface area contributed by atoms with Crippen LogP contribution in [0.1, 0.15) is 39.5 Å². The van der Waals surface area contributed by atoms with Crippen molar-refractivity contribution in [3.8, 4) is 0 Å². The molecule has 2 atom stereocenters. The molecule has 0 aliphatic carbocycles. The van der Waals surface area contributed by atoms with E-state index in [1.165, 1.54) is 0 Å². The van der Waals surface area contributed by atoms with E-state index >= 15 is 0 Å². The summed E-state index contributed by atoms with van der Waals surface area (Å²) in [5.41, 5.74) is 0. The van der Waals surface area contributed by atoms with Crippen LogP contribution in [0.15, 0.2) is 0 Å². The van der Waals surface area contributed by atoms with Gasteiger partial charge in [0.05, 0.1) is 0 Å². The van der Waals surface area contributed by atoms with Gasteiger partial charge in [-0.2, -0.15) is 0 Å². The Labute approximate surface area is 74.8 Å². The van der Waals surface area contributed by atoms with Gasteiger partial charge in [0.2, 0.25) is 0 Å². The summed E-state index contributed by atoms with van der Waals surface area (Å²) in [5.74, 6) is 0.0619. The minimum absolute atomic E-state index is 0.0619. The molecule has 0 aliphatic heterocycles. The molecule has 0 aromatic rings. The van der Waals surface area contributed by atoms with Gasteiger partial charge in [-0.1, -0.05) is 26.7 Å². The molecular formula is C8H17O3P. The highest BCUT2D eigenvalue weighted by Gasteiger charge is 2.15. The second-order valence-corrected chi connectivity index (χ2v) is 3.15. The van der Waals surface area contributed by atoms with E-state index < -0.39 is 14.8 Å². The van der Waals surface area contributed by atoms with E-state index in [2.05, 4.69) is 6.92 Å². The fraction of sp³-hybridized carbons (Fsp3) is 0.875. The Morgan fingerprint density at radius 2 is 2.17 bits per heavy atom. The summed E-state index contributed by atoms with van der Waals surface area (Å²) in [5, 5.41) is 0. The third-order valence-corrected chi connectivity index (χ3v) is 2.19. The van der Waals surface area contributed by atoms with E-state index in [9.17, 15) is 9.36 Å². The van der Waals surface area contributed by atoms with Crippen molar-refractivity contribution in [2.45, 2.75) is 45.6 Å². The first-order valence-corrected chi connectivity index (χ1v) is 5.32. The van der Waals surface area contributed by atoms with Crippen molar-refractivity contribution in [3.05, 3.63) is 0 Å². The number of hydrogen-bond donors (Lipinski definition) is 0. The molecule has 2 unspecified atom stereocenters. The lowest BCUT2D eigenvalue weighted by Crippen LogP contribution is -2.20. The third kappa shape index (κ3) is 4.68. The van der Waals surface area contributed by atoms with E-state index in [0.717, 1.165) is 12.8 Å². The zero-order valence-electron chi connectivity index (χ0n) is 7.71. The first-order valence-electron chi connectivity index (χ1n) is 4.38. The highest BCUT2D eigenvalue weighted by Crippen LogP contribution is 2.12. The molecule has 3 nitrogen and oxygen atoms in total. The molecule has 0 heterocycles. The van der Waals surface area contributed by atoms with Gasteiger partial charge in [-0.15, -0.1) is 0 Å². The molecule has 12 heavy (non-hydrogen) atoms. The molecule has 0 aromatic carbocycles. The molecule has 0 bridgehead atoms. The molecule has 0 saturated heterocycles. The van der Waals surface area contributed by atoms with E-state index in [1.807, 2.05) is 0 Å². The standard InChI is InChI=1S/C8H17O3P/c1-3-5-6-8(11-12-10)7(9)4-2/h8H,3-6,12H2,1-2H3. The van der Waals surface area contributed by atoms with Crippen molar-refractivity contribution in [1.29, 1.82) is 0 Å². The monoisotopic (exact) mass is 192 g/mol. The SMILES string of the molecule is CCCCC(O[PH2]=O)C(=O)CC. The topological polar surface area (TPSA) is 43.4 Å². The minimum atomic E-state index is -1.26. The van der Waals surface area contributed by atoms with Gasteiger partial charge in [-0.25, -0.2) is 0 Å². The van der Waals surface area contributed by atoms with Crippen LogP contribution in [0.2, 0.25) is 0 Å². The van der Waals surface area contributed by atoms with Crippen LogP contribution in [-0.4, -0.2) is 11.9 Å². The predicted octanol–water partition coefficient (Wildman–Crippen LogP) is 2.21. The van der Waals surface area contributed by atoms with E-state index in [1.54, 1.807) is 6.92 Å². The van der Waals surface area contributed by atoms with Gasteiger partial charge in [0.25, 0.3) is 0 Å². The summed E-state index contributed by atoms with van der Waals surface area (Å²) < 4.78 is 15.1. The first-order chi connectivity index (χ1) is 5.76.